The molecule has 168 valence electrons. The molecule has 3 aromatic carbocycles. The average molecular weight is 464 g/mol. The Bertz CT molecular complexity index is 1280. The van der Waals surface area contributed by atoms with Gasteiger partial charge in [-0.05, 0) is 41.1 Å². The molecule has 3 aromatic rings. The van der Waals surface area contributed by atoms with Gasteiger partial charge in [0.25, 0.3) is 5.91 Å². The minimum atomic E-state index is -4.65. The topological polar surface area (TPSA) is 77.9 Å². The first-order valence-electron chi connectivity index (χ1n) is 9.76. The summed E-state index contributed by atoms with van der Waals surface area (Å²) in [7, 11) is -4.15. The van der Waals surface area contributed by atoms with Crippen molar-refractivity contribution in [3.63, 3.8) is 0 Å². The Morgan fingerprint density at radius 1 is 0.875 bits per heavy atom. The number of piperazine rings is 1. The summed E-state index contributed by atoms with van der Waals surface area (Å²) in [5.41, 5.74) is -0.933. The van der Waals surface area contributed by atoms with Gasteiger partial charge in [-0.1, -0.05) is 30.3 Å². The van der Waals surface area contributed by atoms with Crippen molar-refractivity contribution in [2.24, 2.45) is 0 Å². The molecule has 0 bridgehead atoms. The van der Waals surface area contributed by atoms with Crippen molar-refractivity contribution in [1.82, 2.24) is 9.21 Å². The number of phenolic OH excluding ortho intramolecular Hbond substituents is 1. The molecule has 10 heteroatoms. The van der Waals surface area contributed by atoms with Crippen LogP contribution in [0.1, 0.15) is 15.9 Å². The number of amides is 1. The van der Waals surface area contributed by atoms with Crippen molar-refractivity contribution in [2.75, 3.05) is 26.2 Å². The van der Waals surface area contributed by atoms with Gasteiger partial charge in [-0.15, -0.1) is 0 Å². The van der Waals surface area contributed by atoms with E-state index in [-0.39, 0.29) is 37.5 Å². The van der Waals surface area contributed by atoms with Crippen LogP contribution in [0.5, 0.6) is 5.75 Å². The first kappa shape index (κ1) is 22.1. The number of hydrogen-bond donors (Lipinski definition) is 1. The Labute approximate surface area is 182 Å². The second-order valence-corrected chi connectivity index (χ2v) is 9.38. The maximum atomic E-state index is 13.0. The molecular weight excluding hydrogens is 445 g/mol. The van der Waals surface area contributed by atoms with Gasteiger partial charge >= 0.3 is 6.18 Å². The number of carbonyl (C=O) groups is 1. The van der Waals surface area contributed by atoms with Crippen molar-refractivity contribution in [3.05, 3.63) is 71.8 Å². The van der Waals surface area contributed by atoms with Crippen molar-refractivity contribution in [1.29, 1.82) is 0 Å². The van der Waals surface area contributed by atoms with Gasteiger partial charge in [0.2, 0.25) is 10.0 Å². The highest BCUT2D eigenvalue weighted by molar-refractivity contribution is 7.89. The van der Waals surface area contributed by atoms with Crippen LogP contribution in [0.3, 0.4) is 0 Å². The Morgan fingerprint density at radius 3 is 2.12 bits per heavy atom. The van der Waals surface area contributed by atoms with Crippen LogP contribution in [0.2, 0.25) is 0 Å². The Balaban J connectivity index is 1.51. The number of alkyl halides is 3. The molecule has 0 atom stereocenters. The summed E-state index contributed by atoms with van der Waals surface area (Å²) in [5.74, 6) is -0.614. The van der Waals surface area contributed by atoms with Crippen LogP contribution in [-0.2, 0) is 16.2 Å². The Kier molecular flexibility index (Phi) is 5.59. The molecule has 0 spiro atoms. The fourth-order valence-corrected chi connectivity index (χ4v) is 5.15. The fraction of sp³-hybridized carbons (Fsp3) is 0.227. The van der Waals surface area contributed by atoms with Gasteiger partial charge in [-0.25, -0.2) is 8.42 Å². The highest BCUT2D eigenvalue weighted by atomic mass is 32.2. The second-order valence-electron chi connectivity index (χ2n) is 7.44. The minimum Gasteiger partial charge on any atom is -0.507 e. The molecule has 1 N–H and O–H groups in total. The zero-order valence-corrected chi connectivity index (χ0v) is 17.5. The number of halogens is 3. The zero-order valence-electron chi connectivity index (χ0n) is 16.7. The number of sulfonamides is 1. The van der Waals surface area contributed by atoms with E-state index in [4.69, 9.17) is 0 Å². The lowest BCUT2D eigenvalue weighted by Crippen LogP contribution is -2.50. The summed E-state index contributed by atoms with van der Waals surface area (Å²) in [6, 6.07) is 13.9. The molecule has 0 radical (unpaired) electrons. The third kappa shape index (κ3) is 4.15. The fourth-order valence-electron chi connectivity index (χ4n) is 3.68. The van der Waals surface area contributed by atoms with Gasteiger partial charge in [-0.2, -0.15) is 17.5 Å². The summed E-state index contributed by atoms with van der Waals surface area (Å²) in [5, 5.41) is 11.8. The van der Waals surface area contributed by atoms with Gasteiger partial charge in [0.05, 0.1) is 16.0 Å². The quantitative estimate of drug-likeness (QED) is 0.641. The average Bonchev–Trinajstić information content (AvgIpc) is 2.78. The maximum Gasteiger partial charge on any atom is 0.416 e. The molecule has 1 fully saturated rings. The molecule has 0 unspecified atom stereocenters. The molecule has 1 aliphatic heterocycles. The smallest absolute Gasteiger partial charge is 0.416 e. The number of benzene rings is 3. The van der Waals surface area contributed by atoms with Crippen LogP contribution >= 0.6 is 0 Å². The number of carbonyl (C=O) groups excluding carboxylic acids is 1. The largest absolute Gasteiger partial charge is 0.507 e. The van der Waals surface area contributed by atoms with Crippen LogP contribution in [0.4, 0.5) is 13.2 Å². The van der Waals surface area contributed by atoms with Crippen LogP contribution in [-0.4, -0.2) is 54.8 Å². The predicted octanol–water partition coefficient (Wildman–Crippen LogP) is 3.71. The highest BCUT2D eigenvalue weighted by Crippen LogP contribution is 2.31. The zero-order chi connectivity index (χ0) is 23.1. The van der Waals surface area contributed by atoms with E-state index in [1.807, 2.05) is 18.2 Å². The van der Waals surface area contributed by atoms with E-state index in [0.29, 0.717) is 6.07 Å². The second kappa shape index (κ2) is 8.10. The van der Waals surface area contributed by atoms with Gasteiger partial charge in [0.1, 0.15) is 5.75 Å². The molecule has 1 amide bonds. The summed E-state index contributed by atoms with van der Waals surface area (Å²) >= 11 is 0. The standard InChI is InChI=1S/C22H19F3N2O4S/c23-22(24,25)17-6-3-7-18(14-17)32(30,31)27-10-8-26(9-11-27)21(29)19-12-15-4-1-2-5-16(15)13-20(19)28/h1-7,12-14,28H,8-11H2. The Hall–Kier alpha value is -3.11. The van der Waals surface area contributed by atoms with Crippen molar-refractivity contribution in [2.45, 2.75) is 11.1 Å². The van der Waals surface area contributed by atoms with E-state index in [2.05, 4.69) is 0 Å². The van der Waals surface area contributed by atoms with Crippen LogP contribution in [0, 0.1) is 0 Å². The van der Waals surface area contributed by atoms with E-state index in [1.165, 1.54) is 11.0 Å². The highest BCUT2D eigenvalue weighted by Gasteiger charge is 2.34. The molecule has 1 saturated heterocycles. The molecule has 4 rings (SSSR count). The summed E-state index contributed by atoms with van der Waals surface area (Å²) < 4.78 is 65.6. The lowest BCUT2D eigenvalue weighted by molar-refractivity contribution is -0.137. The SMILES string of the molecule is O=C(c1cc2ccccc2cc1O)N1CCN(S(=O)(=O)c2cccc(C(F)(F)F)c2)CC1. The molecule has 0 aliphatic carbocycles. The molecule has 32 heavy (non-hydrogen) atoms. The number of fused-ring (bicyclic) bond motifs is 1. The van der Waals surface area contributed by atoms with Crippen molar-refractivity contribution < 1.29 is 31.5 Å². The van der Waals surface area contributed by atoms with Crippen LogP contribution in [0.15, 0.2) is 65.6 Å². The number of hydrogen-bond acceptors (Lipinski definition) is 4. The van der Waals surface area contributed by atoms with Crippen LogP contribution < -0.4 is 0 Å². The maximum absolute atomic E-state index is 13.0. The van der Waals surface area contributed by atoms with Crippen molar-refractivity contribution in [3.8, 4) is 5.75 Å². The first-order valence-corrected chi connectivity index (χ1v) is 11.2. The molecule has 0 aromatic heterocycles. The van der Waals surface area contributed by atoms with Gasteiger partial charge in [0.15, 0.2) is 0 Å². The number of nitrogens with zero attached hydrogens (tertiary/aromatic N) is 2. The Morgan fingerprint density at radius 2 is 1.50 bits per heavy atom. The molecule has 1 aliphatic rings. The normalized spacial score (nSPS) is 15.8. The van der Waals surface area contributed by atoms with E-state index < -0.39 is 32.6 Å². The van der Waals surface area contributed by atoms with E-state index >= 15 is 0 Å². The van der Waals surface area contributed by atoms with E-state index in [9.17, 15) is 31.5 Å². The van der Waals surface area contributed by atoms with Gasteiger partial charge in [0, 0.05) is 26.2 Å². The van der Waals surface area contributed by atoms with Gasteiger partial charge in [-0.3, -0.25) is 4.79 Å². The number of rotatable bonds is 3. The third-order valence-corrected chi connectivity index (χ3v) is 7.31. The molecular formula is C22H19F3N2O4S. The summed E-state index contributed by atoms with van der Waals surface area (Å²) in [6.07, 6.45) is -4.65. The molecule has 0 saturated carbocycles. The lowest BCUT2D eigenvalue weighted by atomic mass is 10.0. The molecule has 6 nitrogen and oxygen atoms in total. The summed E-state index contributed by atoms with van der Waals surface area (Å²) in [4.78, 5) is 13.9. The first-order chi connectivity index (χ1) is 15.1. The van der Waals surface area contributed by atoms with Crippen LogP contribution in [0.25, 0.3) is 10.8 Å². The predicted molar refractivity (Wildman–Crippen MR) is 112 cm³/mol. The number of phenols is 1. The minimum absolute atomic E-state index is 0.0449. The van der Waals surface area contributed by atoms with E-state index in [1.54, 1.807) is 12.1 Å². The van der Waals surface area contributed by atoms with E-state index in [0.717, 1.165) is 33.3 Å². The summed E-state index contributed by atoms with van der Waals surface area (Å²) in [6.45, 7) is -0.0517. The molecule has 1 heterocycles. The lowest BCUT2D eigenvalue weighted by Gasteiger charge is -2.34. The monoisotopic (exact) mass is 464 g/mol. The van der Waals surface area contributed by atoms with Gasteiger partial charge < -0.3 is 10.0 Å². The third-order valence-electron chi connectivity index (χ3n) is 5.42. The number of aromatic hydroxyl groups is 1. The van der Waals surface area contributed by atoms with Crippen molar-refractivity contribution >= 4 is 26.7 Å².